The van der Waals surface area contributed by atoms with Gasteiger partial charge in [0.2, 0.25) is 5.88 Å². The van der Waals surface area contributed by atoms with Crippen molar-refractivity contribution in [2.75, 3.05) is 13.7 Å². The molecule has 0 bridgehead atoms. The number of methoxy groups -OCH3 is 1. The van der Waals surface area contributed by atoms with E-state index >= 15 is 0 Å². The Morgan fingerprint density at radius 1 is 1.30 bits per heavy atom. The van der Waals surface area contributed by atoms with E-state index in [9.17, 15) is 9.90 Å². The van der Waals surface area contributed by atoms with Crippen molar-refractivity contribution in [1.82, 2.24) is 20.1 Å². The highest BCUT2D eigenvalue weighted by Gasteiger charge is 2.44. The van der Waals surface area contributed by atoms with E-state index in [2.05, 4.69) is 21.5 Å². The summed E-state index contributed by atoms with van der Waals surface area (Å²) in [5, 5.41) is 26.9. The Bertz CT molecular complexity index is 1140. The highest BCUT2D eigenvalue weighted by Crippen LogP contribution is 2.36. The summed E-state index contributed by atoms with van der Waals surface area (Å²) in [5.74, 6) is 0.117. The smallest absolute Gasteiger partial charge is 0.253 e. The first-order chi connectivity index (χ1) is 14.5. The number of hydrogen-bond donors (Lipinski definition) is 2. The van der Waals surface area contributed by atoms with Crippen molar-refractivity contribution in [3.63, 3.8) is 0 Å². The van der Waals surface area contributed by atoms with Crippen LogP contribution in [0.25, 0.3) is 16.9 Å². The number of amides is 1. The lowest BCUT2D eigenvalue weighted by Gasteiger charge is -2.16. The third kappa shape index (κ3) is 3.63. The molecule has 152 valence electrons. The summed E-state index contributed by atoms with van der Waals surface area (Å²) >= 11 is 0. The molecule has 1 aliphatic rings. The van der Waals surface area contributed by atoms with Gasteiger partial charge in [0.1, 0.15) is 0 Å². The lowest BCUT2D eigenvalue weighted by Crippen LogP contribution is -2.40. The summed E-state index contributed by atoms with van der Waals surface area (Å²) in [7, 11) is 1.62. The predicted octanol–water partition coefficient (Wildman–Crippen LogP) is 2.73. The van der Waals surface area contributed by atoms with E-state index in [0.717, 1.165) is 24.0 Å². The molecule has 1 aliphatic carbocycles. The number of nitrogens with one attached hydrogen (secondary N) is 1. The summed E-state index contributed by atoms with van der Waals surface area (Å²) in [6, 6.07) is 10.6. The monoisotopic (exact) mass is 403 g/mol. The van der Waals surface area contributed by atoms with Crippen molar-refractivity contribution in [2.24, 2.45) is 0 Å². The molecule has 8 nitrogen and oxygen atoms in total. The first-order valence-electron chi connectivity index (χ1n) is 9.52. The second kappa shape index (κ2) is 7.61. The van der Waals surface area contributed by atoms with E-state index in [0.29, 0.717) is 29.1 Å². The number of ether oxygens (including phenoxy) is 1. The van der Waals surface area contributed by atoms with Crippen molar-refractivity contribution in [2.45, 2.75) is 25.3 Å². The van der Waals surface area contributed by atoms with Gasteiger partial charge >= 0.3 is 0 Å². The number of carbonyl (C=O) groups is 1. The fourth-order valence-electron chi connectivity index (χ4n) is 3.43. The summed E-state index contributed by atoms with van der Waals surface area (Å²) in [4.78, 5) is 16.8. The van der Waals surface area contributed by atoms with Crippen LogP contribution in [0.15, 0.2) is 42.7 Å². The van der Waals surface area contributed by atoms with E-state index in [1.807, 2.05) is 6.92 Å². The maximum Gasteiger partial charge on any atom is 0.253 e. The Labute approximate surface area is 173 Å². The Morgan fingerprint density at radius 2 is 2.10 bits per heavy atom. The van der Waals surface area contributed by atoms with Crippen LogP contribution in [0.5, 0.6) is 5.88 Å². The first kappa shape index (κ1) is 19.6. The zero-order chi connectivity index (χ0) is 21.3. The van der Waals surface area contributed by atoms with Gasteiger partial charge in [0.25, 0.3) is 5.91 Å². The van der Waals surface area contributed by atoms with Gasteiger partial charge < -0.3 is 15.2 Å². The first-order valence-corrected chi connectivity index (χ1v) is 9.52. The summed E-state index contributed by atoms with van der Waals surface area (Å²) in [6.45, 7) is 2.36. The molecular formula is C22H21N5O3. The van der Waals surface area contributed by atoms with Crippen LogP contribution in [0.3, 0.4) is 0 Å². The molecule has 0 spiro atoms. The number of aryl methyl sites for hydroxylation is 1. The third-order valence-electron chi connectivity index (χ3n) is 5.27. The quantitative estimate of drug-likeness (QED) is 0.654. The third-order valence-corrected chi connectivity index (χ3v) is 5.27. The van der Waals surface area contributed by atoms with Crippen molar-refractivity contribution >= 4 is 5.91 Å². The Hall–Kier alpha value is -3.70. The van der Waals surface area contributed by atoms with E-state index in [1.165, 1.54) is 10.9 Å². The van der Waals surface area contributed by atoms with E-state index < -0.39 is 0 Å². The highest BCUT2D eigenvalue weighted by molar-refractivity contribution is 5.94. The van der Waals surface area contributed by atoms with Gasteiger partial charge in [0.15, 0.2) is 5.82 Å². The van der Waals surface area contributed by atoms with Gasteiger partial charge in [-0.1, -0.05) is 6.07 Å². The zero-order valence-corrected chi connectivity index (χ0v) is 16.7. The lowest BCUT2D eigenvalue weighted by molar-refractivity contribution is 0.0881. The predicted molar refractivity (Wildman–Crippen MR) is 109 cm³/mol. The minimum Gasteiger partial charge on any atom is -0.493 e. The average molecular weight is 403 g/mol. The van der Waals surface area contributed by atoms with Crippen LogP contribution in [0.2, 0.25) is 0 Å². The van der Waals surface area contributed by atoms with Crippen molar-refractivity contribution < 1.29 is 14.6 Å². The van der Waals surface area contributed by atoms with Gasteiger partial charge in [-0.05, 0) is 55.2 Å². The van der Waals surface area contributed by atoms with E-state index in [-0.39, 0.29) is 17.3 Å². The molecule has 2 N–H and O–H groups in total. The van der Waals surface area contributed by atoms with E-state index in [4.69, 9.17) is 10.00 Å². The number of hydrogen-bond acceptors (Lipinski definition) is 6. The molecule has 1 aromatic carbocycles. The maximum absolute atomic E-state index is 12.5. The largest absolute Gasteiger partial charge is 0.493 e. The number of aromatic nitrogens is 3. The Kier molecular flexibility index (Phi) is 4.98. The molecule has 2 aromatic heterocycles. The molecule has 0 atom stereocenters. The minimum atomic E-state index is -0.265. The topological polar surface area (TPSA) is 113 Å². The summed E-state index contributed by atoms with van der Waals surface area (Å²) in [5.41, 5.74) is 2.89. The average Bonchev–Trinajstić information content (AvgIpc) is 3.39. The molecule has 0 aliphatic heterocycles. The van der Waals surface area contributed by atoms with Crippen LogP contribution in [0.1, 0.15) is 34.3 Å². The van der Waals surface area contributed by atoms with E-state index in [1.54, 1.807) is 43.6 Å². The van der Waals surface area contributed by atoms with Crippen molar-refractivity contribution in [3.05, 3.63) is 59.4 Å². The normalized spacial score (nSPS) is 14.2. The van der Waals surface area contributed by atoms with Crippen LogP contribution in [-0.4, -0.2) is 45.0 Å². The molecule has 0 unspecified atom stereocenters. The maximum atomic E-state index is 12.5. The zero-order valence-electron chi connectivity index (χ0n) is 16.7. The standard InChI is InChI=1S/C22H21N5O3/c1-14-9-15(10-23)3-5-17(14)18-12-25-27(21(18)29)19-6-4-16(11-24-19)20(28)26-22(7-8-22)13-30-2/h3-6,9,11-12,29H,7-8,13H2,1-2H3,(H,26,28). The van der Waals surface area contributed by atoms with Gasteiger partial charge in [-0.3, -0.25) is 4.79 Å². The molecule has 4 rings (SSSR count). The van der Waals surface area contributed by atoms with Crippen molar-refractivity contribution in [1.29, 1.82) is 5.26 Å². The molecule has 1 saturated carbocycles. The molecule has 3 aromatic rings. The van der Waals surface area contributed by atoms with Crippen LogP contribution >= 0.6 is 0 Å². The molecular weight excluding hydrogens is 382 g/mol. The number of nitriles is 1. The Morgan fingerprint density at radius 3 is 2.70 bits per heavy atom. The number of aromatic hydroxyl groups is 1. The van der Waals surface area contributed by atoms with Crippen LogP contribution in [0, 0.1) is 18.3 Å². The van der Waals surface area contributed by atoms with Crippen LogP contribution < -0.4 is 5.32 Å². The molecule has 1 fully saturated rings. The van der Waals surface area contributed by atoms with Gasteiger partial charge in [-0.25, -0.2) is 4.98 Å². The van der Waals surface area contributed by atoms with Crippen LogP contribution in [0.4, 0.5) is 0 Å². The number of benzene rings is 1. The van der Waals surface area contributed by atoms with Crippen molar-refractivity contribution in [3.8, 4) is 28.9 Å². The number of carbonyl (C=O) groups excluding carboxylic acids is 1. The fraction of sp³-hybridized carbons (Fsp3) is 0.273. The molecule has 8 heteroatoms. The van der Waals surface area contributed by atoms with Crippen LogP contribution in [-0.2, 0) is 4.74 Å². The fourth-order valence-corrected chi connectivity index (χ4v) is 3.43. The SMILES string of the molecule is COCC1(NC(=O)c2ccc(-n3ncc(-c4ccc(C#N)cc4C)c3O)nc2)CC1. The minimum absolute atomic E-state index is 0.0652. The number of rotatable bonds is 6. The molecule has 0 saturated heterocycles. The van der Waals surface area contributed by atoms with Gasteiger partial charge in [0.05, 0.1) is 41.1 Å². The van der Waals surface area contributed by atoms with Gasteiger partial charge in [-0.2, -0.15) is 15.0 Å². The second-order valence-electron chi connectivity index (χ2n) is 7.51. The van der Waals surface area contributed by atoms with Gasteiger partial charge in [0, 0.05) is 13.3 Å². The summed E-state index contributed by atoms with van der Waals surface area (Å²) < 4.78 is 6.48. The lowest BCUT2D eigenvalue weighted by atomic mass is 10.0. The Balaban J connectivity index is 1.56. The molecule has 1 amide bonds. The molecule has 2 heterocycles. The molecule has 30 heavy (non-hydrogen) atoms. The summed E-state index contributed by atoms with van der Waals surface area (Å²) in [6.07, 6.45) is 4.81. The molecule has 0 radical (unpaired) electrons. The number of nitrogens with zero attached hydrogens (tertiary/aromatic N) is 4. The van der Waals surface area contributed by atoms with Gasteiger partial charge in [-0.15, -0.1) is 0 Å². The number of pyridine rings is 1. The second-order valence-corrected chi connectivity index (χ2v) is 7.51. The highest BCUT2D eigenvalue weighted by atomic mass is 16.5.